The molecule has 1 heterocycles. The molecule has 0 spiro atoms. The summed E-state index contributed by atoms with van der Waals surface area (Å²) in [5.74, 6) is 0.897. The Morgan fingerprint density at radius 3 is 3.18 bits per heavy atom. The van der Waals surface area contributed by atoms with Crippen LogP contribution in [0.3, 0.4) is 0 Å². The lowest BCUT2D eigenvalue weighted by Crippen LogP contribution is -2.35. The predicted octanol–water partition coefficient (Wildman–Crippen LogP) is 3.43. The Morgan fingerprint density at radius 2 is 2.41 bits per heavy atom. The fraction of sp³-hybridized carbons (Fsp3) is 0.714. The van der Waals surface area contributed by atoms with E-state index in [0.717, 1.165) is 31.7 Å². The van der Waals surface area contributed by atoms with Gasteiger partial charge in [-0.3, -0.25) is 0 Å². The van der Waals surface area contributed by atoms with Crippen molar-refractivity contribution in [2.75, 3.05) is 13.2 Å². The standard InChI is InChI=1S/C14H23NOS/c1-12-4-2-5-13(10-12)15-7-8-16-11-14-6-3-9-17-14/h3,6,9,12-13,15H,2,4-5,7-8,10-11H2,1H3. The fourth-order valence-corrected chi connectivity index (χ4v) is 3.16. The van der Waals surface area contributed by atoms with Gasteiger partial charge in [0.05, 0.1) is 13.2 Å². The lowest BCUT2D eigenvalue weighted by atomic mass is 9.87. The first-order valence-corrected chi connectivity index (χ1v) is 7.56. The maximum atomic E-state index is 5.64. The van der Waals surface area contributed by atoms with E-state index in [1.54, 1.807) is 11.3 Å². The summed E-state index contributed by atoms with van der Waals surface area (Å²) in [4.78, 5) is 1.32. The van der Waals surface area contributed by atoms with Gasteiger partial charge in [-0.25, -0.2) is 0 Å². The highest BCUT2D eigenvalue weighted by molar-refractivity contribution is 7.09. The van der Waals surface area contributed by atoms with Crippen LogP contribution in [0.4, 0.5) is 0 Å². The van der Waals surface area contributed by atoms with Crippen molar-refractivity contribution in [1.82, 2.24) is 5.32 Å². The van der Waals surface area contributed by atoms with E-state index in [-0.39, 0.29) is 0 Å². The van der Waals surface area contributed by atoms with Gasteiger partial charge in [0.25, 0.3) is 0 Å². The summed E-state index contributed by atoms with van der Waals surface area (Å²) in [5, 5.41) is 5.71. The van der Waals surface area contributed by atoms with E-state index in [1.807, 2.05) is 0 Å². The lowest BCUT2D eigenvalue weighted by molar-refractivity contribution is 0.120. The van der Waals surface area contributed by atoms with Crippen LogP contribution < -0.4 is 5.32 Å². The van der Waals surface area contributed by atoms with Crippen LogP contribution >= 0.6 is 11.3 Å². The lowest BCUT2D eigenvalue weighted by Gasteiger charge is -2.27. The summed E-state index contributed by atoms with van der Waals surface area (Å²) in [6.45, 7) is 4.94. The molecule has 2 unspecified atom stereocenters. The molecular formula is C14H23NOS. The average molecular weight is 253 g/mol. The molecule has 1 aromatic rings. The fourth-order valence-electron chi connectivity index (χ4n) is 2.52. The molecule has 1 aliphatic carbocycles. The molecule has 2 rings (SSSR count). The van der Waals surface area contributed by atoms with Gasteiger partial charge in [0.1, 0.15) is 0 Å². The number of ether oxygens (including phenoxy) is 1. The largest absolute Gasteiger partial charge is 0.375 e. The molecule has 1 aromatic heterocycles. The molecule has 0 radical (unpaired) electrons. The van der Waals surface area contributed by atoms with Crippen LogP contribution in [0.2, 0.25) is 0 Å². The Kier molecular flexibility index (Phi) is 5.49. The highest BCUT2D eigenvalue weighted by Gasteiger charge is 2.17. The van der Waals surface area contributed by atoms with Crippen LogP contribution in [0.15, 0.2) is 17.5 Å². The Bertz CT molecular complexity index is 299. The number of nitrogens with one attached hydrogen (secondary N) is 1. The molecule has 2 atom stereocenters. The average Bonchev–Trinajstić information content (AvgIpc) is 2.82. The maximum Gasteiger partial charge on any atom is 0.0809 e. The summed E-state index contributed by atoms with van der Waals surface area (Å²) < 4.78 is 5.64. The highest BCUT2D eigenvalue weighted by Crippen LogP contribution is 2.23. The third-order valence-electron chi connectivity index (χ3n) is 3.44. The first-order valence-electron chi connectivity index (χ1n) is 6.68. The molecule has 0 bridgehead atoms. The van der Waals surface area contributed by atoms with Gasteiger partial charge in [0.2, 0.25) is 0 Å². The molecule has 0 saturated heterocycles. The zero-order valence-corrected chi connectivity index (χ0v) is 11.5. The summed E-state index contributed by atoms with van der Waals surface area (Å²) in [5.41, 5.74) is 0. The zero-order valence-electron chi connectivity index (χ0n) is 10.7. The maximum absolute atomic E-state index is 5.64. The Labute approximate surface area is 108 Å². The highest BCUT2D eigenvalue weighted by atomic mass is 32.1. The molecule has 0 amide bonds. The van der Waals surface area contributed by atoms with Crippen molar-refractivity contribution in [3.05, 3.63) is 22.4 Å². The topological polar surface area (TPSA) is 21.3 Å². The Hall–Kier alpha value is -0.380. The van der Waals surface area contributed by atoms with Gasteiger partial charge in [-0.15, -0.1) is 11.3 Å². The zero-order chi connectivity index (χ0) is 11.9. The number of hydrogen-bond acceptors (Lipinski definition) is 3. The molecule has 1 N–H and O–H groups in total. The van der Waals surface area contributed by atoms with Crippen LogP contribution in [0.1, 0.15) is 37.5 Å². The van der Waals surface area contributed by atoms with Crippen LogP contribution in [0.25, 0.3) is 0 Å². The molecule has 96 valence electrons. The van der Waals surface area contributed by atoms with E-state index in [9.17, 15) is 0 Å². The summed E-state index contributed by atoms with van der Waals surface area (Å²) >= 11 is 1.76. The quantitative estimate of drug-likeness (QED) is 0.784. The number of thiophene rings is 1. The van der Waals surface area contributed by atoms with E-state index in [0.29, 0.717) is 0 Å². The first-order chi connectivity index (χ1) is 8.34. The molecule has 0 aromatic carbocycles. The summed E-state index contributed by atoms with van der Waals surface area (Å²) in [6, 6.07) is 4.93. The molecule has 1 aliphatic rings. The van der Waals surface area contributed by atoms with Crippen LogP contribution in [0, 0.1) is 5.92 Å². The van der Waals surface area contributed by atoms with Gasteiger partial charge in [0, 0.05) is 17.5 Å². The van der Waals surface area contributed by atoms with E-state index in [1.165, 1.54) is 30.6 Å². The Morgan fingerprint density at radius 1 is 1.47 bits per heavy atom. The van der Waals surface area contributed by atoms with Crippen molar-refractivity contribution >= 4 is 11.3 Å². The molecule has 0 aliphatic heterocycles. The van der Waals surface area contributed by atoms with Crippen molar-refractivity contribution in [2.45, 2.75) is 45.3 Å². The SMILES string of the molecule is CC1CCCC(NCCOCc2cccs2)C1. The minimum Gasteiger partial charge on any atom is -0.375 e. The van der Waals surface area contributed by atoms with Gasteiger partial charge in [-0.2, -0.15) is 0 Å². The third kappa shape index (κ3) is 4.78. The Balaban J connectivity index is 1.51. The monoisotopic (exact) mass is 253 g/mol. The van der Waals surface area contributed by atoms with E-state index in [4.69, 9.17) is 4.74 Å². The third-order valence-corrected chi connectivity index (χ3v) is 4.29. The first kappa shape index (κ1) is 13.1. The number of rotatable bonds is 6. The van der Waals surface area contributed by atoms with E-state index in [2.05, 4.69) is 29.8 Å². The second-order valence-corrected chi connectivity index (χ2v) is 6.09. The van der Waals surface area contributed by atoms with Gasteiger partial charge in [0.15, 0.2) is 0 Å². The van der Waals surface area contributed by atoms with Crippen molar-refractivity contribution in [3.63, 3.8) is 0 Å². The molecule has 2 nitrogen and oxygen atoms in total. The van der Waals surface area contributed by atoms with Gasteiger partial charge in [-0.1, -0.05) is 25.8 Å². The van der Waals surface area contributed by atoms with Crippen molar-refractivity contribution in [2.24, 2.45) is 5.92 Å². The normalized spacial score (nSPS) is 25.0. The van der Waals surface area contributed by atoms with Crippen molar-refractivity contribution in [1.29, 1.82) is 0 Å². The van der Waals surface area contributed by atoms with Crippen LogP contribution in [-0.2, 0) is 11.3 Å². The van der Waals surface area contributed by atoms with Crippen molar-refractivity contribution < 1.29 is 4.74 Å². The minimum absolute atomic E-state index is 0.726. The van der Waals surface area contributed by atoms with Gasteiger partial charge >= 0.3 is 0 Å². The number of hydrogen-bond donors (Lipinski definition) is 1. The summed E-state index contributed by atoms with van der Waals surface area (Å²) in [7, 11) is 0. The van der Waals surface area contributed by atoms with E-state index < -0.39 is 0 Å². The second kappa shape index (κ2) is 7.14. The van der Waals surface area contributed by atoms with Gasteiger partial charge in [-0.05, 0) is 30.2 Å². The van der Waals surface area contributed by atoms with E-state index >= 15 is 0 Å². The predicted molar refractivity (Wildman–Crippen MR) is 73.4 cm³/mol. The minimum atomic E-state index is 0.726. The molecule has 17 heavy (non-hydrogen) atoms. The molecule has 3 heteroatoms. The molecular weight excluding hydrogens is 230 g/mol. The molecule has 1 saturated carbocycles. The van der Waals surface area contributed by atoms with Crippen LogP contribution in [0.5, 0.6) is 0 Å². The van der Waals surface area contributed by atoms with Crippen LogP contribution in [-0.4, -0.2) is 19.2 Å². The van der Waals surface area contributed by atoms with Gasteiger partial charge < -0.3 is 10.1 Å². The van der Waals surface area contributed by atoms with Crippen molar-refractivity contribution in [3.8, 4) is 0 Å². The molecule has 1 fully saturated rings. The second-order valence-electron chi connectivity index (χ2n) is 5.05. The summed E-state index contributed by atoms with van der Waals surface area (Å²) in [6.07, 6.45) is 5.47. The smallest absolute Gasteiger partial charge is 0.0809 e.